The van der Waals surface area contributed by atoms with Crippen LogP contribution in [0.3, 0.4) is 0 Å². The van der Waals surface area contributed by atoms with Gasteiger partial charge in [0.1, 0.15) is 11.4 Å². The highest BCUT2D eigenvalue weighted by molar-refractivity contribution is 5.94. The minimum Gasteiger partial charge on any atom is -0.450 e. The molecule has 2 aliphatic heterocycles. The summed E-state index contributed by atoms with van der Waals surface area (Å²) in [4.78, 5) is 11.7. The van der Waals surface area contributed by atoms with Crippen molar-refractivity contribution in [1.29, 1.82) is 0 Å². The molecular formula is C12H11FO3. The Morgan fingerprint density at radius 3 is 2.75 bits per heavy atom. The van der Waals surface area contributed by atoms with Crippen molar-refractivity contribution in [3.05, 3.63) is 35.1 Å². The Morgan fingerprint density at radius 1 is 1.25 bits per heavy atom. The highest BCUT2D eigenvalue weighted by Gasteiger charge is 2.46. The van der Waals surface area contributed by atoms with E-state index in [0.717, 1.165) is 0 Å². The third-order valence-corrected chi connectivity index (χ3v) is 3.28. The summed E-state index contributed by atoms with van der Waals surface area (Å²) < 4.78 is 23.9. The first-order valence-corrected chi connectivity index (χ1v) is 5.32. The molecule has 3 rings (SSSR count). The number of esters is 1. The Bertz CT molecular complexity index is 450. The fraction of sp³-hybridized carbons (Fsp3) is 0.417. The minimum atomic E-state index is -0.646. The molecule has 0 N–H and O–H groups in total. The first kappa shape index (κ1) is 9.78. The van der Waals surface area contributed by atoms with E-state index >= 15 is 0 Å². The molecule has 0 unspecified atom stereocenters. The lowest BCUT2D eigenvalue weighted by atomic mass is 9.85. The normalized spacial score (nSPS) is 21.9. The van der Waals surface area contributed by atoms with Gasteiger partial charge >= 0.3 is 5.97 Å². The third-order valence-electron chi connectivity index (χ3n) is 3.28. The number of hydrogen-bond acceptors (Lipinski definition) is 3. The molecule has 0 aromatic heterocycles. The third kappa shape index (κ3) is 1.26. The Balaban J connectivity index is 2.12. The zero-order valence-corrected chi connectivity index (χ0v) is 8.66. The maximum absolute atomic E-state index is 13.2. The van der Waals surface area contributed by atoms with Crippen LogP contribution in [0.5, 0.6) is 0 Å². The number of hydrogen-bond donors (Lipinski definition) is 0. The molecule has 2 heterocycles. The van der Waals surface area contributed by atoms with Gasteiger partial charge in [0.05, 0.1) is 18.8 Å². The Kier molecular flexibility index (Phi) is 2.01. The summed E-state index contributed by atoms with van der Waals surface area (Å²) >= 11 is 0. The van der Waals surface area contributed by atoms with E-state index in [1.807, 2.05) is 0 Å². The molecule has 84 valence electrons. The predicted octanol–water partition coefficient (Wildman–Crippen LogP) is 2.00. The highest BCUT2D eigenvalue weighted by atomic mass is 19.1. The Hall–Kier alpha value is -1.42. The largest absolute Gasteiger partial charge is 0.450 e. The van der Waals surface area contributed by atoms with Crippen LogP contribution in [0.15, 0.2) is 18.2 Å². The predicted molar refractivity (Wildman–Crippen MR) is 53.5 cm³/mol. The standard InChI is InChI=1S/C12H11FO3/c13-8-1-2-9-10(7-8)12(16-11(9)14)3-5-15-6-4-12/h1-2,7H,3-6H2. The summed E-state index contributed by atoms with van der Waals surface area (Å²) in [5.41, 5.74) is 0.524. The summed E-state index contributed by atoms with van der Waals surface area (Å²) in [6.07, 6.45) is 1.21. The average Bonchev–Trinajstić information content (AvgIpc) is 2.53. The molecule has 0 saturated carbocycles. The molecule has 0 atom stereocenters. The van der Waals surface area contributed by atoms with Crippen LogP contribution < -0.4 is 0 Å². The monoisotopic (exact) mass is 222 g/mol. The Labute approximate surface area is 92.2 Å². The summed E-state index contributed by atoms with van der Waals surface area (Å²) in [6.45, 7) is 1.09. The topological polar surface area (TPSA) is 35.5 Å². The van der Waals surface area contributed by atoms with Crippen LogP contribution >= 0.6 is 0 Å². The lowest BCUT2D eigenvalue weighted by Crippen LogP contribution is -2.33. The molecule has 3 nitrogen and oxygen atoms in total. The summed E-state index contributed by atoms with van der Waals surface area (Å²) in [5, 5.41) is 0. The lowest BCUT2D eigenvalue weighted by molar-refractivity contribution is -0.0736. The van der Waals surface area contributed by atoms with E-state index in [-0.39, 0.29) is 11.8 Å². The lowest BCUT2D eigenvalue weighted by Gasteiger charge is -2.32. The van der Waals surface area contributed by atoms with E-state index in [9.17, 15) is 9.18 Å². The molecule has 1 aromatic carbocycles. The van der Waals surface area contributed by atoms with Gasteiger partial charge in [-0.2, -0.15) is 0 Å². The summed E-state index contributed by atoms with van der Waals surface area (Å²) in [5.74, 6) is -0.681. The minimum absolute atomic E-state index is 0.331. The van der Waals surface area contributed by atoms with Gasteiger partial charge in [0.15, 0.2) is 0 Å². The zero-order valence-electron chi connectivity index (χ0n) is 8.66. The molecular weight excluding hydrogens is 211 g/mol. The molecule has 16 heavy (non-hydrogen) atoms. The van der Waals surface area contributed by atoms with Gasteiger partial charge in [-0.3, -0.25) is 0 Å². The number of rotatable bonds is 0. The molecule has 0 amide bonds. The molecule has 0 bridgehead atoms. The maximum Gasteiger partial charge on any atom is 0.339 e. The SMILES string of the molecule is O=C1OC2(CCOCC2)c2cc(F)ccc21. The van der Waals surface area contributed by atoms with E-state index in [2.05, 4.69) is 0 Å². The average molecular weight is 222 g/mol. The van der Waals surface area contributed by atoms with Gasteiger partial charge in [-0.05, 0) is 18.2 Å². The van der Waals surface area contributed by atoms with Crippen molar-refractivity contribution in [2.75, 3.05) is 13.2 Å². The maximum atomic E-state index is 13.2. The number of halogens is 1. The molecule has 0 radical (unpaired) electrons. The van der Waals surface area contributed by atoms with Crippen LogP contribution in [0, 0.1) is 5.82 Å². The van der Waals surface area contributed by atoms with Crippen molar-refractivity contribution in [3.63, 3.8) is 0 Å². The van der Waals surface area contributed by atoms with E-state index in [4.69, 9.17) is 9.47 Å². The van der Waals surface area contributed by atoms with Crippen LogP contribution in [0.1, 0.15) is 28.8 Å². The van der Waals surface area contributed by atoms with Crippen molar-refractivity contribution in [2.24, 2.45) is 0 Å². The van der Waals surface area contributed by atoms with Crippen LogP contribution in [0.25, 0.3) is 0 Å². The summed E-state index contributed by atoms with van der Waals surface area (Å²) in [6, 6.07) is 4.20. The molecule has 1 aromatic rings. The molecule has 2 aliphatic rings. The second kappa shape index (κ2) is 3.28. The van der Waals surface area contributed by atoms with Crippen LogP contribution in [-0.4, -0.2) is 19.2 Å². The van der Waals surface area contributed by atoms with Gasteiger partial charge in [0.25, 0.3) is 0 Å². The van der Waals surface area contributed by atoms with Crippen molar-refractivity contribution < 1.29 is 18.7 Å². The van der Waals surface area contributed by atoms with E-state index in [1.54, 1.807) is 0 Å². The van der Waals surface area contributed by atoms with Gasteiger partial charge in [-0.1, -0.05) is 0 Å². The second-order valence-electron chi connectivity index (χ2n) is 4.19. The highest BCUT2D eigenvalue weighted by Crippen LogP contribution is 2.43. The van der Waals surface area contributed by atoms with Gasteiger partial charge in [-0.15, -0.1) is 0 Å². The molecule has 4 heteroatoms. The summed E-state index contributed by atoms with van der Waals surface area (Å²) in [7, 11) is 0. The molecule has 0 aliphatic carbocycles. The van der Waals surface area contributed by atoms with Crippen molar-refractivity contribution in [2.45, 2.75) is 18.4 Å². The first-order chi connectivity index (χ1) is 7.71. The second-order valence-corrected chi connectivity index (χ2v) is 4.19. The number of carbonyl (C=O) groups excluding carboxylic acids is 1. The number of ether oxygens (including phenoxy) is 2. The number of benzene rings is 1. The van der Waals surface area contributed by atoms with Crippen LogP contribution in [-0.2, 0) is 15.1 Å². The van der Waals surface area contributed by atoms with Gasteiger partial charge < -0.3 is 9.47 Å². The van der Waals surface area contributed by atoms with E-state index in [1.165, 1.54) is 18.2 Å². The first-order valence-electron chi connectivity index (χ1n) is 5.32. The smallest absolute Gasteiger partial charge is 0.339 e. The number of carbonyl (C=O) groups is 1. The fourth-order valence-corrected chi connectivity index (χ4v) is 2.43. The van der Waals surface area contributed by atoms with Crippen molar-refractivity contribution in [1.82, 2.24) is 0 Å². The fourth-order valence-electron chi connectivity index (χ4n) is 2.43. The Morgan fingerprint density at radius 2 is 2.00 bits per heavy atom. The van der Waals surface area contributed by atoms with Gasteiger partial charge in [0, 0.05) is 18.4 Å². The van der Waals surface area contributed by atoms with Crippen LogP contribution in [0.4, 0.5) is 4.39 Å². The number of fused-ring (bicyclic) bond motifs is 2. The van der Waals surface area contributed by atoms with E-state index < -0.39 is 5.60 Å². The molecule has 1 fully saturated rings. The van der Waals surface area contributed by atoms with E-state index in [0.29, 0.717) is 37.2 Å². The molecule has 1 spiro atoms. The van der Waals surface area contributed by atoms with Crippen LogP contribution in [0.2, 0.25) is 0 Å². The van der Waals surface area contributed by atoms with Crippen molar-refractivity contribution >= 4 is 5.97 Å². The quantitative estimate of drug-likeness (QED) is 0.630. The van der Waals surface area contributed by atoms with Gasteiger partial charge in [0.2, 0.25) is 0 Å². The van der Waals surface area contributed by atoms with Gasteiger partial charge in [-0.25, -0.2) is 9.18 Å². The van der Waals surface area contributed by atoms with Crippen molar-refractivity contribution in [3.8, 4) is 0 Å². The molecule has 1 saturated heterocycles. The zero-order chi connectivity index (χ0) is 11.2.